The SMILES string of the molecule is O=C(Nc1nonc1-c1ccccc1)c1ccccc1F. The van der Waals surface area contributed by atoms with Gasteiger partial charge in [0.15, 0.2) is 5.69 Å². The molecule has 0 unspecified atom stereocenters. The molecule has 0 aliphatic rings. The molecule has 3 rings (SSSR count). The van der Waals surface area contributed by atoms with Crippen LogP contribution in [-0.2, 0) is 0 Å². The van der Waals surface area contributed by atoms with E-state index in [0.717, 1.165) is 5.56 Å². The van der Waals surface area contributed by atoms with Crippen molar-refractivity contribution in [2.45, 2.75) is 0 Å². The van der Waals surface area contributed by atoms with Crippen molar-refractivity contribution in [3.8, 4) is 11.3 Å². The monoisotopic (exact) mass is 283 g/mol. The van der Waals surface area contributed by atoms with Crippen LogP contribution in [0.25, 0.3) is 11.3 Å². The first kappa shape index (κ1) is 13.0. The number of anilines is 1. The van der Waals surface area contributed by atoms with Gasteiger partial charge in [-0.1, -0.05) is 42.5 Å². The van der Waals surface area contributed by atoms with E-state index < -0.39 is 11.7 Å². The molecule has 2 aromatic carbocycles. The predicted molar refractivity (Wildman–Crippen MR) is 74.1 cm³/mol. The number of aromatic nitrogens is 2. The van der Waals surface area contributed by atoms with Crippen molar-refractivity contribution >= 4 is 11.7 Å². The Balaban J connectivity index is 1.89. The van der Waals surface area contributed by atoms with Crippen LogP contribution in [0.4, 0.5) is 10.2 Å². The highest BCUT2D eigenvalue weighted by Crippen LogP contribution is 2.24. The lowest BCUT2D eigenvalue weighted by atomic mass is 10.1. The molecule has 0 spiro atoms. The summed E-state index contributed by atoms with van der Waals surface area (Å²) in [7, 11) is 0. The third-order valence-corrected chi connectivity index (χ3v) is 2.89. The summed E-state index contributed by atoms with van der Waals surface area (Å²) in [4.78, 5) is 12.1. The molecule has 0 bridgehead atoms. The Morgan fingerprint density at radius 2 is 1.71 bits per heavy atom. The lowest BCUT2D eigenvalue weighted by molar-refractivity contribution is 0.102. The Labute approximate surface area is 119 Å². The number of carbonyl (C=O) groups is 1. The summed E-state index contributed by atoms with van der Waals surface area (Å²) in [5, 5.41) is 9.91. The summed E-state index contributed by atoms with van der Waals surface area (Å²) in [6.45, 7) is 0. The smallest absolute Gasteiger partial charge is 0.259 e. The average Bonchev–Trinajstić information content (AvgIpc) is 2.96. The van der Waals surface area contributed by atoms with Crippen molar-refractivity contribution in [2.24, 2.45) is 0 Å². The van der Waals surface area contributed by atoms with Crippen LogP contribution in [0.15, 0.2) is 59.2 Å². The maximum Gasteiger partial charge on any atom is 0.259 e. The van der Waals surface area contributed by atoms with Gasteiger partial charge in [0.1, 0.15) is 5.82 Å². The van der Waals surface area contributed by atoms with Gasteiger partial charge in [0, 0.05) is 5.56 Å². The average molecular weight is 283 g/mol. The van der Waals surface area contributed by atoms with Gasteiger partial charge >= 0.3 is 0 Å². The number of benzene rings is 2. The number of carbonyl (C=O) groups excluding carboxylic acids is 1. The highest BCUT2D eigenvalue weighted by molar-refractivity contribution is 6.05. The van der Waals surface area contributed by atoms with E-state index in [1.807, 2.05) is 18.2 Å². The summed E-state index contributed by atoms with van der Waals surface area (Å²) < 4.78 is 18.2. The van der Waals surface area contributed by atoms with E-state index in [0.29, 0.717) is 5.69 Å². The Morgan fingerprint density at radius 1 is 1.00 bits per heavy atom. The fourth-order valence-corrected chi connectivity index (χ4v) is 1.88. The number of nitrogens with one attached hydrogen (secondary N) is 1. The molecule has 0 saturated carbocycles. The number of hydrogen-bond acceptors (Lipinski definition) is 4. The molecule has 0 radical (unpaired) electrons. The highest BCUT2D eigenvalue weighted by Gasteiger charge is 2.17. The molecule has 104 valence electrons. The molecule has 0 atom stereocenters. The van der Waals surface area contributed by atoms with E-state index in [2.05, 4.69) is 20.3 Å². The van der Waals surface area contributed by atoms with Crippen LogP contribution in [0, 0.1) is 5.82 Å². The minimum atomic E-state index is -0.610. The fourth-order valence-electron chi connectivity index (χ4n) is 1.88. The summed E-state index contributed by atoms with van der Waals surface area (Å²) in [5.74, 6) is -1.07. The fraction of sp³-hybridized carbons (Fsp3) is 0. The maximum atomic E-state index is 13.6. The zero-order chi connectivity index (χ0) is 14.7. The zero-order valence-corrected chi connectivity index (χ0v) is 10.8. The van der Waals surface area contributed by atoms with Crippen LogP contribution < -0.4 is 5.32 Å². The second-order valence-corrected chi connectivity index (χ2v) is 4.26. The number of nitrogens with zero attached hydrogens (tertiary/aromatic N) is 2. The van der Waals surface area contributed by atoms with Gasteiger partial charge in [-0.25, -0.2) is 9.02 Å². The van der Waals surface area contributed by atoms with E-state index in [-0.39, 0.29) is 11.4 Å². The Bertz CT molecular complexity index is 771. The highest BCUT2D eigenvalue weighted by atomic mass is 19.1. The lowest BCUT2D eigenvalue weighted by Crippen LogP contribution is -2.14. The van der Waals surface area contributed by atoms with Crippen LogP contribution in [0.5, 0.6) is 0 Å². The maximum absolute atomic E-state index is 13.6. The molecule has 0 saturated heterocycles. The first-order valence-corrected chi connectivity index (χ1v) is 6.19. The van der Waals surface area contributed by atoms with Crippen LogP contribution in [-0.4, -0.2) is 16.2 Å². The minimum Gasteiger partial charge on any atom is -0.302 e. The van der Waals surface area contributed by atoms with Crippen molar-refractivity contribution in [3.63, 3.8) is 0 Å². The number of halogens is 1. The molecule has 0 aliphatic heterocycles. The summed E-state index contributed by atoms with van der Waals surface area (Å²) >= 11 is 0. The number of hydrogen-bond donors (Lipinski definition) is 1. The Kier molecular flexibility index (Phi) is 3.42. The summed E-state index contributed by atoms with van der Waals surface area (Å²) in [5.41, 5.74) is 1.06. The second kappa shape index (κ2) is 5.54. The van der Waals surface area contributed by atoms with E-state index in [1.165, 1.54) is 18.2 Å². The van der Waals surface area contributed by atoms with Crippen molar-refractivity contribution in [1.29, 1.82) is 0 Å². The van der Waals surface area contributed by atoms with Gasteiger partial charge in [-0.3, -0.25) is 4.79 Å². The standard InChI is InChI=1S/C15H10FN3O2/c16-12-9-5-4-8-11(12)15(20)17-14-13(18-21-19-14)10-6-2-1-3-7-10/h1-9H,(H,17,19,20). The van der Waals surface area contributed by atoms with Crippen LogP contribution in [0.3, 0.4) is 0 Å². The van der Waals surface area contributed by atoms with Crippen molar-refractivity contribution in [3.05, 3.63) is 66.0 Å². The van der Waals surface area contributed by atoms with Gasteiger partial charge in [0.25, 0.3) is 5.91 Å². The van der Waals surface area contributed by atoms with Crippen LogP contribution >= 0.6 is 0 Å². The van der Waals surface area contributed by atoms with Gasteiger partial charge in [-0.15, -0.1) is 0 Å². The third-order valence-electron chi connectivity index (χ3n) is 2.89. The molecule has 1 aromatic heterocycles. The van der Waals surface area contributed by atoms with Crippen molar-refractivity contribution in [2.75, 3.05) is 5.32 Å². The predicted octanol–water partition coefficient (Wildman–Crippen LogP) is 3.13. The van der Waals surface area contributed by atoms with Crippen molar-refractivity contribution in [1.82, 2.24) is 10.3 Å². The molecule has 0 aliphatic carbocycles. The Morgan fingerprint density at radius 3 is 2.48 bits per heavy atom. The number of rotatable bonds is 3. The molecule has 6 heteroatoms. The molecule has 0 fully saturated rings. The van der Waals surface area contributed by atoms with E-state index in [1.54, 1.807) is 18.2 Å². The molecular formula is C15H10FN3O2. The van der Waals surface area contributed by atoms with Gasteiger partial charge in [0.05, 0.1) is 5.56 Å². The molecular weight excluding hydrogens is 273 g/mol. The van der Waals surface area contributed by atoms with Gasteiger partial charge in [-0.2, -0.15) is 0 Å². The topological polar surface area (TPSA) is 68.0 Å². The van der Waals surface area contributed by atoms with Crippen LogP contribution in [0.1, 0.15) is 10.4 Å². The first-order chi connectivity index (χ1) is 10.3. The van der Waals surface area contributed by atoms with Crippen molar-refractivity contribution < 1.29 is 13.8 Å². The summed E-state index contributed by atoms with van der Waals surface area (Å²) in [6.07, 6.45) is 0. The zero-order valence-electron chi connectivity index (χ0n) is 10.8. The van der Waals surface area contributed by atoms with E-state index in [4.69, 9.17) is 0 Å². The van der Waals surface area contributed by atoms with Gasteiger partial charge in [0.2, 0.25) is 5.82 Å². The molecule has 3 aromatic rings. The molecule has 1 heterocycles. The molecule has 21 heavy (non-hydrogen) atoms. The lowest BCUT2D eigenvalue weighted by Gasteiger charge is -2.04. The number of amides is 1. The molecule has 5 nitrogen and oxygen atoms in total. The normalized spacial score (nSPS) is 10.3. The van der Waals surface area contributed by atoms with Crippen LogP contribution in [0.2, 0.25) is 0 Å². The van der Waals surface area contributed by atoms with Gasteiger partial charge < -0.3 is 5.32 Å². The molecule has 1 N–H and O–H groups in total. The minimum absolute atomic E-state index is 0.0699. The van der Waals surface area contributed by atoms with E-state index >= 15 is 0 Å². The largest absolute Gasteiger partial charge is 0.302 e. The quantitative estimate of drug-likeness (QED) is 0.801. The second-order valence-electron chi connectivity index (χ2n) is 4.26. The van der Waals surface area contributed by atoms with Gasteiger partial charge in [-0.05, 0) is 22.4 Å². The van der Waals surface area contributed by atoms with E-state index in [9.17, 15) is 9.18 Å². The Hall–Kier alpha value is -3.02. The molecule has 1 amide bonds. The summed E-state index contributed by atoms with van der Waals surface area (Å²) in [6, 6.07) is 14.8. The third kappa shape index (κ3) is 2.64. The first-order valence-electron chi connectivity index (χ1n) is 6.19.